The van der Waals surface area contributed by atoms with Crippen LogP contribution in [0.4, 0.5) is 0 Å². The minimum absolute atomic E-state index is 0.221. The molecule has 0 saturated carbocycles. The summed E-state index contributed by atoms with van der Waals surface area (Å²) in [7, 11) is 0. The summed E-state index contributed by atoms with van der Waals surface area (Å²) in [6.07, 6.45) is 1.04. The van der Waals surface area contributed by atoms with Gasteiger partial charge in [-0.1, -0.05) is 36.5 Å². The Labute approximate surface area is 128 Å². The molecule has 0 radical (unpaired) electrons. The lowest BCUT2D eigenvalue weighted by atomic mass is 10.0. The molecule has 0 fully saturated rings. The van der Waals surface area contributed by atoms with Crippen molar-refractivity contribution in [1.29, 1.82) is 0 Å². The number of benzene rings is 1. The molecule has 1 unspecified atom stereocenters. The molecule has 0 saturated heterocycles. The van der Waals surface area contributed by atoms with Crippen molar-refractivity contribution in [3.63, 3.8) is 0 Å². The van der Waals surface area contributed by atoms with Gasteiger partial charge >= 0.3 is 11.9 Å². The van der Waals surface area contributed by atoms with E-state index in [1.807, 2.05) is 6.92 Å². The molecule has 0 aliphatic heterocycles. The van der Waals surface area contributed by atoms with Crippen LogP contribution in [0.25, 0.3) is 0 Å². The molecule has 0 aromatic heterocycles. The molecule has 0 heterocycles. The Balaban J connectivity index is 2.79. The molecule has 1 aromatic carbocycles. The largest absolute Gasteiger partial charge is 0.465 e. The molecule has 1 aromatic rings. The van der Waals surface area contributed by atoms with E-state index in [-0.39, 0.29) is 17.4 Å². The Morgan fingerprint density at radius 2 is 1.85 bits per heavy atom. The fraction of sp³-hybridized carbons (Fsp3) is 0.429. The van der Waals surface area contributed by atoms with Crippen molar-refractivity contribution in [3.8, 4) is 5.75 Å². The van der Waals surface area contributed by atoms with Crippen molar-refractivity contribution in [1.82, 2.24) is 0 Å². The number of ether oxygens (including phenoxy) is 2. The van der Waals surface area contributed by atoms with E-state index in [1.54, 1.807) is 6.92 Å². The molecule has 0 amide bonds. The number of hydrogen-bond acceptors (Lipinski definition) is 4. The van der Waals surface area contributed by atoms with Crippen LogP contribution in [0, 0.1) is 5.92 Å². The van der Waals surface area contributed by atoms with E-state index < -0.39 is 17.9 Å². The molecule has 1 atom stereocenters. The Bertz CT molecular complexity index is 488. The Kier molecular flexibility index (Phi) is 6.82. The van der Waals surface area contributed by atoms with Crippen LogP contribution in [0.5, 0.6) is 5.75 Å². The van der Waals surface area contributed by atoms with Gasteiger partial charge in [0.25, 0.3) is 0 Å². The lowest BCUT2D eigenvalue weighted by Crippen LogP contribution is -2.29. The summed E-state index contributed by atoms with van der Waals surface area (Å²) in [5, 5.41) is 0.641. The van der Waals surface area contributed by atoms with Crippen LogP contribution in [0.15, 0.2) is 18.2 Å². The van der Waals surface area contributed by atoms with Gasteiger partial charge < -0.3 is 9.47 Å². The predicted molar refractivity (Wildman–Crippen MR) is 77.1 cm³/mol. The van der Waals surface area contributed by atoms with Crippen LogP contribution < -0.4 is 4.74 Å². The smallest absolute Gasteiger partial charge is 0.325 e. The highest BCUT2D eigenvalue weighted by Gasteiger charge is 2.29. The molecule has 0 N–H and O–H groups in total. The Hall–Kier alpha value is -1.26. The molecule has 4 nitrogen and oxygen atoms in total. The van der Waals surface area contributed by atoms with Crippen LogP contribution in [0.1, 0.15) is 26.7 Å². The number of halogens is 2. The summed E-state index contributed by atoms with van der Waals surface area (Å²) in [4.78, 5) is 23.7. The van der Waals surface area contributed by atoms with Gasteiger partial charge in [0.15, 0.2) is 5.92 Å². The first-order chi connectivity index (χ1) is 9.49. The zero-order valence-electron chi connectivity index (χ0n) is 11.3. The lowest BCUT2D eigenvalue weighted by molar-refractivity contribution is -0.157. The van der Waals surface area contributed by atoms with Gasteiger partial charge in [-0.15, -0.1) is 0 Å². The van der Waals surface area contributed by atoms with Gasteiger partial charge in [0.05, 0.1) is 16.7 Å². The molecule has 1 rings (SSSR count). The van der Waals surface area contributed by atoms with Crippen molar-refractivity contribution in [3.05, 3.63) is 28.2 Å². The van der Waals surface area contributed by atoms with Crippen molar-refractivity contribution in [2.75, 3.05) is 6.61 Å². The first-order valence-electron chi connectivity index (χ1n) is 6.33. The van der Waals surface area contributed by atoms with Crippen LogP contribution in [-0.2, 0) is 14.3 Å². The van der Waals surface area contributed by atoms with E-state index in [4.69, 9.17) is 32.7 Å². The van der Waals surface area contributed by atoms with E-state index in [0.717, 1.165) is 0 Å². The van der Waals surface area contributed by atoms with Crippen molar-refractivity contribution in [2.45, 2.75) is 26.7 Å². The van der Waals surface area contributed by atoms with Crippen molar-refractivity contribution in [2.24, 2.45) is 5.92 Å². The quantitative estimate of drug-likeness (QED) is 0.454. The van der Waals surface area contributed by atoms with E-state index >= 15 is 0 Å². The topological polar surface area (TPSA) is 52.6 Å². The molecule has 0 bridgehead atoms. The van der Waals surface area contributed by atoms with Gasteiger partial charge in [0.2, 0.25) is 0 Å². The molecule has 20 heavy (non-hydrogen) atoms. The maximum absolute atomic E-state index is 12.0. The van der Waals surface area contributed by atoms with Crippen molar-refractivity contribution >= 4 is 35.1 Å². The molecule has 0 aliphatic rings. The van der Waals surface area contributed by atoms with Gasteiger partial charge in [0, 0.05) is 6.07 Å². The van der Waals surface area contributed by atoms with Crippen LogP contribution in [0.3, 0.4) is 0 Å². The highest BCUT2D eigenvalue weighted by Crippen LogP contribution is 2.27. The van der Waals surface area contributed by atoms with Crippen LogP contribution in [0.2, 0.25) is 10.0 Å². The van der Waals surface area contributed by atoms with Gasteiger partial charge in [-0.3, -0.25) is 9.59 Å². The van der Waals surface area contributed by atoms with E-state index in [0.29, 0.717) is 17.9 Å². The normalized spacial score (nSPS) is 11.8. The second-order valence-electron chi connectivity index (χ2n) is 4.09. The number of carbonyl (C=O) groups excluding carboxylic acids is 2. The highest BCUT2D eigenvalue weighted by molar-refractivity contribution is 6.42. The van der Waals surface area contributed by atoms with E-state index in [2.05, 4.69) is 0 Å². The predicted octanol–water partition coefficient (Wildman–Crippen LogP) is 3.88. The molecule has 0 aliphatic carbocycles. The zero-order chi connectivity index (χ0) is 15.1. The number of esters is 2. The minimum atomic E-state index is -0.922. The van der Waals surface area contributed by atoms with Gasteiger partial charge in [-0.05, 0) is 25.5 Å². The van der Waals surface area contributed by atoms with Gasteiger partial charge in [0.1, 0.15) is 5.75 Å². The maximum atomic E-state index is 12.0. The number of hydrogen-bond donors (Lipinski definition) is 0. The fourth-order valence-corrected chi connectivity index (χ4v) is 1.88. The lowest BCUT2D eigenvalue weighted by Gasteiger charge is -2.14. The standard InChI is InChI=1S/C14H16Cl2O4/c1-3-5-10(13(17)19-4-2)14(18)20-9-6-7-11(15)12(16)8-9/h6-8,10H,3-5H2,1-2H3. The molecular formula is C14H16Cl2O4. The summed E-state index contributed by atoms with van der Waals surface area (Å²) in [6.45, 7) is 3.78. The third kappa shape index (κ3) is 4.69. The second-order valence-corrected chi connectivity index (χ2v) is 4.90. The molecule has 110 valence electrons. The first kappa shape index (κ1) is 16.8. The summed E-state index contributed by atoms with van der Waals surface area (Å²) >= 11 is 11.6. The van der Waals surface area contributed by atoms with Crippen LogP contribution in [-0.4, -0.2) is 18.5 Å². The second kappa shape index (κ2) is 8.12. The average molecular weight is 319 g/mol. The van der Waals surface area contributed by atoms with Crippen LogP contribution >= 0.6 is 23.2 Å². The zero-order valence-corrected chi connectivity index (χ0v) is 12.8. The third-order valence-corrected chi connectivity index (χ3v) is 3.28. The number of carbonyl (C=O) groups is 2. The van der Waals surface area contributed by atoms with E-state index in [1.165, 1.54) is 18.2 Å². The first-order valence-corrected chi connectivity index (χ1v) is 7.08. The Morgan fingerprint density at radius 1 is 1.15 bits per heavy atom. The summed E-state index contributed by atoms with van der Waals surface area (Å²) in [5.41, 5.74) is 0. The average Bonchev–Trinajstić information content (AvgIpc) is 2.40. The minimum Gasteiger partial charge on any atom is -0.465 e. The fourth-order valence-electron chi connectivity index (χ4n) is 1.59. The monoisotopic (exact) mass is 318 g/mol. The molecule has 0 spiro atoms. The summed E-state index contributed by atoms with van der Waals surface area (Å²) in [5.74, 6) is -1.90. The Morgan fingerprint density at radius 3 is 2.40 bits per heavy atom. The van der Waals surface area contributed by atoms with E-state index in [9.17, 15) is 9.59 Å². The third-order valence-electron chi connectivity index (χ3n) is 2.54. The summed E-state index contributed by atoms with van der Waals surface area (Å²) in [6, 6.07) is 4.46. The molecular weight excluding hydrogens is 303 g/mol. The molecule has 6 heteroatoms. The maximum Gasteiger partial charge on any atom is 0.325 e. The van der Waals surface area contributed by atoms with Gasteiger partial charge in [-0.2, -0.15) is 0 Å². The highest BCUT2D eigenvalue weighted by atomic mass is 35.5. The van der Waals surface area contributed by atoms with Gasteiger partial charge in [-0.25, -0.2) is 0 Å². The van der Waals surface area contributed by atoms with Crippen molar-refractivity contribution < 1.29 is 19.1 Å². The summed E-state index contributed by atoms with van der Waals surface area (Å²) < 4.78 is 10.0. The number of rotatable bonds is 6. The SMILES string of the molecule is CCCC(C(=O)OCC)C(=O)Oc1ccc(Cl)c(Cl)c1.